The Hall–Kier alpha value is -2.82. The molecule has 2 aromatic rings. The summed E-state index contributed by atoms with van der Waals surface area (Å²) in [6, 6.07) is 15.1. The number of nitrogens with one attached hydrogen (secondary N) is 1. The van der Waals surface area contributed by atoms with Crippen LogP contribution in [-0.4, -0.2) is 29.9 Å². The summed E-state index contributed by atoms with van der Waals surface area (Å²) in [5.41, 5.74) is 2.59. The molecule has 0 spiro atoms. The van der Waals surface area contributed by atoms with Crippen LogP contribution in [0.3, 0.4) is 0 Å². The van der Waals surface area contributed by atoms with Crippen molar-refractivity contribution >= 4 is 11.8 Å². The van der Waals surface area contributed by atoms with Crippen molar-refractivity contribution in [2.75, 3.05) is 13.2 Å². The Morgan fingerprint density at radius 2 is 2.08 bits per heavy atom. The van der Waals surface area contributed by atoms with E-state index in [4.69, 9.17) is 4.74 Å². The van der Waals surface area contributed by atoms with E-state index in [9.17, 15) is 9.59 Å². The van der Waals surface area contributed by atoms with Crippen LogP contribution in [0.15, 0.2) is 48.5 Å². The van der Waals surface area contributed by atoms with Crippen LogP contribution in [-0.2, 0) is 11.3 Å². The van der Waals surface area contributed by atoms with Crippen molar-refractivity contribution in [2.45, 2.75) is 25.4 Å². The third-order valence-electron chi connectivity index (χ3n) is 4.74. The molecule has 0 aromatic heterocycles. The Morgan fingerprint density at radius 3 is 2.92 bits per heavy atom. The van der Waals surface area contributed by atoms with E-state index in [1.807, 2.05) is 47.4 Å². The second kappa shape index (κ2) is 6.59. The monoisotopic (exact) mass is 336 g/mol. The van der Waals surface area contributed by atoms with Gasteiger partial charge in [-0.1, -0.05) is 30.3 Å². The Kier molecular flexibility index (Phi) is 4.14. The smallest absolute Gasteiger partial charge is 0.251 e. The number of carbonyl (C=O) groups is 2. The zero-order valence-electron chi connectivity index (χ0n) is 13.9. The van der Waals surface area contributed by atoms with Crippen LogP contribution in [0.2, 0.25) is 0 Å². The average molecular weight is 336 g/mol. The largest absolute Gasteiger partial charge is 0.491 e. The van der Waals surface area contributed by atoms with Gasteiger partial charge in [0.2, 0.25) is 5.91 Å². The topological polar surface area (TPSA) is 58.6 Å². The van der Waals surface area contributed by atoms with E-state index in [0.717, 1.165) is 29.8 Å². The normalized spacial score (nSPS) is 18.8. The fourth-order valence-corrected chi connectivity index (χ4v) is 3.43. The minimum Gasteiger partial charge on any atom is -0.491 e. The quantitative estimate of drug-likeness (QED) is 0.934. The first-order valence-electron chi connectivity index (χ1n) is 8.60. The molecule has 2 aliphatic rings. The van der Waals surface area contributed by atoms with Crippen molar-refractivity contribution in [2.24, 2.45) is 0 Å². The number of hydrogen-bond donors (Lipinski definition) is 1. The first kappa shape index (κ1) is 15.7. The van der Waals surface area contributed by atoms with Crippen molar-refractivity contribution in [3.05, 3.63) is 65.2 Å². The van der Waals surface area contributed by atoms with E-state index in [0.29, 0.717) is 25.1 Å². The molecule has 1 N–H and O–H groups in total. The van der Waals surface area contributed by atoms with Gasteiger partial charge >= 0.3 is 0 Å². The Morgan fingerprint density at radius 1 is 1.20 bits per heavy atom. The molecule has 25 heavy (non-hydrogen) atoms. The van der Waals surface area contributed by atoms with Crippen LogP contribution < -0.4 is 10.1 Å². The van der Waals surface area contributed by atoms with Gasteiger partial charge in [0.25, 0.3) is 5.91 Å². The summed E-state index contributed by atoms with van der Waals surface area (Å²) in [5, 5.41) is 3.04. The number of likely N-dealkylation sites (tertiary alicyclic amines) is 1. The third kappa shape index (κ3) is 3.22. The van der Waals surface area contributed by atoms with E-state index in [2.05, 4.69) is 5.32 Å². The maximum absolute atomic E-state index is 12.6. The van der Waals surface area contributed by atoms with Crippen molar-refractivity contribution < 1.29 is 14.3 Å². The Balaban J connectivity index is 1.46. The summed E-state index contributed by atoms with van der Waals surface area (Å²) in [6.45, 7) is 1.81. The summed E-state index contributed by atoms with van der Waals surface area (Å²) in [6.07, 6.45) is 1.54. The number of ether oxygens (including phenoxy) is 1. The minimum absolute atomic E-state index is 0.125. The maximum atomic E-state index is 12.6. The number of hydrogen-bond acceptors (Lipinski definition) is 3. The van der Waals surface area contributed by atoms with E-state index in [-0.39, 0.29) is 17.9 Å². The first-order valence-corrected chi connectivity index (χ1v) is 8.60. The molecular formula is C20H20N2O3. The van der Waals surface area contributed by atoms with Crippen molar-refractivity contribution in [3.8, 4) is 5.75 Å². The van der Waals surface area contributed by atoms with Crippen LogP contribution in [0.4, 0.5) is 0 Å². The number of amides is 2. The molecule has 0 aliphatic carbocycles. The Bertz CT molecular complexity index is 818. The molecular weight excluding hydrogens is 316 g/mol. The van der Waals surface area contributed by atoms with Gasteiger partial charge in [0.05, 0.1) is 6.04 Å². The highest BCUT2D eigenvalue weighted by Gasteiger charge is 2.25. The van der Waals surface area contributed by atoms with Gasteiger partial charge in [-0.05, 0) is 30.2 Å². The highest BCUT2D eigenvalue weighted by molar-refractivity contribution is 5.94. The lowest BCUT2D eigenvalue weighted by atomic mass is 10.1. The second-order valence-electron chi connectivity index (χ2n) is 6.49. The maximum Gasteiger partial charge on any atom is 0.251 e. The molecule has 1 fully saturated rings. The molecule has 2 aromatic carbocycles. The van der Waals surface area contributed by atoms with Crippen molar-refractivity contribution in [3.63, 3.8) is 0 Å². The molecule has 1 atom stereocenters. The van der Waals surface area contributed by atoms with E-state index in [1.54, 1.807) is 6.07 Å². The summed E-state index contributed by atoms with van der Waals surface area (Å²) in [4.78, 5) is 26.2. The zero-order valence-corrected chi connectivity index (χ0v) is 13.9. The molecule has 1 saturated heterocycles. The van der Waals surface area contributed by atoms with E-state index >= 15 is 0 Å². The highest BCUT2D eigenvalue weighted by Crippen LogP contribution is 2.31. The fourth-order valence-electron chi connectivity index (χ4n) is 3.43. The minimum atomic E-state index is -0.132. The molecule has 4 rings (SSSR count). The summed E-state index contributed by atoms with van der Waals surface area (Å²) in [7, 11) is 0. The lowest BCUT2D eigenvalue weighted by molar-refractivity contribution is -0.128. The number of carbonyl (C=O) groups excluding carboxylic acids is 2. The average Bonchev–Trinajstić information content (AvgIpc) is 3.22. The molecule has 1 unspecified atom stereocenters. The van der Waals surface area contributed by atoms with Crippen LogP contribution >= 0.6 is 0 Å². The molecule has 0 saturated carbocycles. The molecule has 2 aliphatic heterocycles. The number of fused-ring (bicyclic) bond motifs is 1. The highest BCUT2D eigenvalue weighted by atomic mass is 16.5. The van der Waals surface area contributed by atoms with Gasteiger partial charge in [-0.2, -0.15) is 0 Å². The summed E-state index contributed by atoms with van der Waals surface area (Å²) in [5.74, 6) is 0.892. The van der Waals surface area contributed by atoms with Crippen LogP contribution in [0, 0.1) is 0 Å². The molecule has 5 nitrogen and oxygen atoms in total. The van der Waals surface area contributed by atoms with Gasteiger partial charge in [0.15, 0.2) is 0 Å². The molecule has 0 bridgehead atoms. The van der Waals surface area contributed by atoms with Gasteiger partial charge < -0.3 is 15.0 Å². The van der Waals surface area contributed by atoms with Crippen LogP contribution in [0.1, 0.15) is 40.4 Å². The van der Waals surface area contributed by atoms with Crippen LogP contribution in [0.25, 0.3) is 0 Å². The first-order chi connectivity index (χ1) is 12.2. The predicted molar refractivity (Wildman–Crippen MR) is 93.2 cm³/mol. The zero-order chi connectivity index (χ0) is 17.2. The van der Waals surface area contributed by atoms with E-state index in [1.165, 1.54) is 0 Å². The van der Waals surface area contributed by atoms with Crippen molar-refractivity contribution in [1.29, 1.82) is 0 Å². The van der Waals surface area contributed by atoms with Gasteiger partial charge in [0, 0.05) is 30.6 Å². The molecule has 2 heterocycles. The third-order valence-corrected chi connectivity index (χ3v) is 4.74. The number of nitrogens with zero attached hydrogens (tertiary/aromatic N) is 1. The second-order valence-corrected chi connectivity index (χ2v) is 6.49. The number of benzene rings is 2. The van der Waals surface area contributed by atoms with Gasteiger partial charge in [-0.3, -0.25) is 9.59 Å². The van der Waals surface area contributed by atoms with Gasteiger partial charge in [-0.15, -0.1) is 0 Å². The summed E-state index contributed by atoms with van der Waals surface area (Å²) < 4.78 is 5.61. The molecule has 128 valence electrons. The van der Waals surface area contributed by atoms with Gasteiger partial charge in [0.1, 0.15) is 12.4 Å². The lowest BCUT2D eigenvalue weighted by Gasteiger charge is -2.16. The number of rotatable bonds is 4. The predicted octanol–water partition coefficient (Wildman–Crippen LogP) is 2.67. The molecule has 5 heteroatoms. The number of para-hydroxylation sites is 1. The molecule has 2 amide bonds. The summed E-state index contributed by atoms with van der Waals surface area (Å²) >= 11 is 0. The SMILES string of the molecule is O=C(NC1COc2ccccc21)c1cccc(CN2CCCC2=O)c1. The van der Waals surface area contributed by atoms with Gasteiger partial charge in [-0.25, -0.2) is 0 Å². The fraction of sp³-hybridized carbons (Fsp3) is 0.300. The van der Waals surface area contributed by atoms with Crippen LogP contribution in [0.5, 0.6) is 5.75 Å². The molecule has 0 radical (unpaired) electrons. The standard InChI is InChI=1S/C20H20N2O3/c23-19-9-4-10-22(19)12-14-5-3-6-15(11-14)20(24)21-17-13-25-18-8-2-1-7-16(17)18/h1-3,5-8,11,17H,4,9-10,12-13H2,(H,21,24). The van der Waals surface area contributed by atoms with Crippen molar-refractivity contribution in [1.82, 2.24) is 10.2 Å². The Labute approximate surface area is 146 Å². The van der Waals surface area contributed by atoms with E-state index < -0.39 is 0 Å². The lowest BCUT2D eigenvalue weighted by Crippen LogP contribution is -2.29.